The fourth-order valence-electron chi connectivity index (χ4n) is 2.89. The van der Waals surface area contributed by atoms with E-state index >= 15 is 0 Å². The predicted octanol–water partition coefficient (Wildman–Crippen LogP) is 3.18. The van der Waals surface area contributed by atoms with Gasteiger partial charge in [-0.3, -0.25) is 4.90 Å². The van der Waals surface area contributed by atoms with E-state index in [-0.39, 0.29) is 12.1 Å². The Labute approximate surface area is 117 Å². The molecule has 2 heterocycles. The molecule has 114 valence electrons. The molecule has 20 heavy (non-hydrogen) atoms. The maximum Gasteiger partial charge on any atom is 0.401 e. The normalized spacial score (nSPS) is 22.4. The zero-order valence-electron chi connectivity index (χ0n) is 12.0. The van der Waals surface area contributed by atoms with Crippen LogP contribution in [0.25, 0.3) is 0 Å². The van der Waals surface area contributed by atoms with Crippen molar-refractivity contribution in [2.45, 2.75) is 45.5 Å². The van der Waals surface area contributed by atoms with E-state index in [1.165, 1.54) is 4.90 Å². The summed E-state index contributed by atoms with van der Waals surface area (Å²) in [6.45, 7) is 5.94. The number of aryl methyl sites for hydroxylation is 2. The average molecular weight is 290 g/mol. The van der Waals surface area contributed by atoms with Crippen molar-refractivity contribution in [2.24, 2.45) is 0 Å². The number of hydrogen-bond donors (Lipinski definition) is 1. The lowest BCUT2D eigenvalue weighted by Crippen LogP contribution is -2.37. The molecule has 0 bridgehead atoms. The Morgan fingerprint density at radius 1 is 1.45 bits per heavy atom. The molecule has 1 aromatic rings. The molecule has 1 N–H and O–H groups in total. The van der Waals surface area contributed by atoms with Crippen molar-refractivity contribution in [3.05, 3.63) is 23.2 Å². The number of alkyl halides is 3. The third kappa shape index (κ3) is 3.99. The Balaban J connectivity index is 1.87. The first kappa shape index (κ1) is 15.4. The molecule has 0 unspecified atom stereocenters. The van der Waals surface area contributed by atoms with Crippen LogP contribution in [-0.4, -0.2) is 36.8 Å². The van der Waals surface area contributed by atoms with Crippen LogP contribution in [0.3, 0.4) is 0 Å². The monoisotopic (exact) mass is 290 g/mol. The number of furan rings is 1. The summed E-state index contributed by atoms with van der Waals surface area (Å²) in [5, 5.41) is 3.40. The van der Waals surface area contributed by atoms with Crippen molar-refractivity contribution in [1.29, 1.82) is 0 Å². The van der Waals surface area contributed by atoms with Gasteiger partial charge in [0.1, 0.15) is 11.5 Å². The molecule has 1 aliphatic rings. The van der Waals surface area contributed by atoms with Gasteiger partial charge in [0.25, 0.3) is 0 Å². The highest BCUT2D eigenvalue weighted by atomic mass is 19.4. The second-order valence-corrected chi connectivity index (χ2v) is 5.59. The molecule has 2 atom stereocenters. The second kappa shape index (κ2) is 5.77. The molecule has 6 heteroatoms. The fourth-order valence-corrected chi connectivity index (χ4v) is 2.89. The molecular formula is C14H21F3N2O. The summed E-state index contributed by atoms with van der Waals surface area (Å²) < 4.78 is 42.5. The van der Waals surface area contributed by atoms with Crippen LogP contribution < -0.4 is 5.32 Å². The van der Waals surface area contributed by atoms with Crippen LogP contribution in [0.1, 0.15) is 36.5 Å². The quantitative estimate of drug-likeness (QED) is 0.923. The highest BCUT2D eigenvalue weighted by Crippen LogP contribution is 2.24. The van der Waals surface area contributed by atoms with E-state index in [0.29, 0.717) is 13.1 Å². The third-order valence-corrected chi connectivity index (χ3v) is 3.71. The Kier molecular flexibility index (Phi) is 4.44. The van der Waals surface area contributed by atoms with Crippen molar-refractivity contribution in [2.75, 3.05) is 19.6 Å². The molecule has 0 spiro atoms. The summed E-state index contributed by atoms with van der Waals surface area (Å²) in [5.74, 6) is 1.73. The lowest BCUT2D eigenvalue weighted by Gasteiger charge is -2.21. The highest BCUT2D eigenvalue weighted by molar-refractivity contribution is 5.23. The Bertz CT molecular complexity index is 456. The maximum atomic E-state index is 12.3. The molecule has 1 saturated heterocycles. The minimum Gasteiger partial charge on any atom is -0.466 e. The van der Waals surface area contributed by atoms with Gasteiger partial charge in [0.15, 0.2) is 0 Å². The zero-order valence-corrected chi connectivity index (χ0v) is 12.0. The van der Waals surface area contributed by atoms with E-state index in [0.717, 1.165) is 23.5 Å². The van der Waals surface area contributed by atoms with Gasteiger partial charge in [0.2, 0.25) is 0 Å². The minimum absolute atomic E-state index is 0.0864. The molecule has 0 saturated carbocycles. The van der Waals surface area contributed by atoms with Gasteiger partial charge < -0.3 is 9.73 Å². The summed E-state index contributed by atoms with van der Waals surface area (Å²) in [6, 6.07) is 2.17. The van der Waals surface area contributed by atoms with Gasteiger partial charge >= 0.3 is 6.18 Å². The Morgan fingerprint density at radius 3 is 2.70 bits per heavy atom. The molecule has 1 aromatic heterocycles. The van der Waals surface area contributed by atoms with Crippen LogP contribution in [0.15, 0.2) is 10.5 Å². The highest BCUT2D eigenvalue weighted by Gasteiger charge is 2.34. The molecule has 1 fully saturated rings. The summed E-state index contributed by atoms with van der Waals surface area (Å²) in [7, 11) is 0. The first-order chi connectivity index (χ1) is 9.24. The molecule has 3 nitrogen and oxygen atoms in total. The lowest BCUT2D eigenvalue weighted by atomic mass is 10.1. The molecule has 0 aromatic carbocycles. The van der Waals surface area contributed by atoms with Gasteiger partial charge in [-0.25, -0.2) is 0 Å². The second-order valence-electron chi connectivity index (χ2n) is 5.59. The zero-order chi connectivity index (χ0) is 14.9. The number of nitrogens with one attached hydrogen (secondary N) is 1. The van der Waals surface area contributed by atoms with E-state index in [9.17, 15) is 13.2 Å². The van der Waals surface area contributed by atoms with Gasteiger partial charge in [-0.15, -0.1) is 0 Å². The van der Waals surface area contributed by atoms with E-state index in [1.54, 1.807) is 0 Å². The largest absolute Gasteiger partial charge is 0.466 e. The van der Waals surface area contributed by atoms with Gasteiger partial charge in [0, 0.05) is 30.7 Å². The van der Waals surface area contributed by atoms with Crippen molar-refractivity contribution in [3.63, 3.8) is 0 Å². The molecule has 2 rings (SSSR count). The fraction of sp³-hybridized carbons (Fsp3) is 0.714. The van der Waals surface area contributed by atoms with Crippen molar-refractivity contribution in [1.82, 2.24) is 10.2 Å². The van der Waals surface area contributed by atoms with E-state index in [2.05, 4.69) is 5.32 Å². The molecule has 1 aliphatic heterocycles. The Hall–Kier alpha value is -1.01. The molecule has 0 amide bonds. The van der Waals surface area contributed by atoms with Gasteiger partial charge in [0.05, 0.1) is 6.54 Å². The third-order valence-electron chi connectivity index (χ3n) is 3.71. The first-order valence-corrected chi connectivity index (χ1v) is 6.86. The number of nitrogens with zero attached hydrogens (tertiary/aromatic N) is 1. The summed E-state index contributed by atoms with van der Waals surface area (Å²) in [4.78, 5) is 1.46. The van der Waals surface area contributed by atoms with Crippen molar-refractivity contribution >= 4 is 0 Å². The number of rotatable bonds is 4. The van der Waals surface area contributed by atoms with E-state index in [4.69, 9.17) is 4.42 Å². The van der Waals surface area contributed by atoms with Crippen LogP contribution in [-0.2, 0) is 0 Å². The number of halogens is 3. The Morgan fingerprint density at radius 2 is 2.15 bits per heavy atom. The van der Waals surface area contributed by atoms with Gasteiger partial charge in [-0.05, 0) is 33.3 Å². The van der Waals surface area contributed by atoms with Crippen LogP contribution in [0.4, 0.5) is 13.2 Å². The average Bonchev–Trinajstić information content (AvgIpc) is 2.83. The van der Waals surface area contributed by atoms with E-state index < -0.39 is 12.7 Å². The lowest BCUT2D eigenvalue weighted by molar-refractivity contribution is -0.143. The SMILES string of the molecule is Cc1cc([C@H](C)N[C@@H]2CCN(CC(F)(F)F)C2)c(C)o1. The van der Waals surface area contributed by atoms with Crippen LogP contribution in [0, 0.1) is 13.8 Å². The van der Waals surface area contributed by atoms with Gasteiger partial charge in [-0.2, -0.15) is 13.2 Å². The molecular weight excluding hydrogens is 269 g/mol. The smallest absolute Gasteiger partial charge is 0.401 e. The van der Waals surface area contributed by atoms with Crippen LogP contribution >= 0.6 is 0 Å². The summed E-state index contributed by atoms with van der Waals surface area (Å²) in [5.41, 5.74) is 1.08. The minimum atomic E-state index is -4.11. The maximum absolute atomic E-state index is 12.3. The number of likely N-dealkylation sites (tertiary alicyclic amines) is 1. The predicted molar refractivity (Wildman–Crippen MR) is 70.6 cm³/mol. The summed E-state index contributed by atoms with van der Waals surface area (Å²) in [6.07, 6.45) is -3.37. The van der Waals surface area contributed by atoms with Gasteiger partial charge in [-0.1, -0.05) is 0 Å². The van der Waals surface area contributed by atoms with Crippen molar-refractivity contribution < 1.29 is 17.6 Å². The topological polar surface area (TPSA) is 28.4 Å². The first-order valence-electron chi connectivity index (χ1n) is 6.86. The van der Waals surface area contributed by atoms with Crippen molar-refractivity contribution in [3.8, 4) is 0 Å². The standard InChI is InChI=1S/C14H21F3N2O/c1-9-6-13(11(3)20-9)10(2)18-12-4-5-19(7-12)8-14(15,16)17/h6,10,12,18H,4-5,7-8H2,1-3H3/t10-,12+/m0/s1. The van der Waals surface area contributed by atoms with E-state index in [1.807, 2.05) is 26.8 Å². The molecule has 0 radical (unpaired) electrons. The van der Waals surface area contributed by atoms with Crippen LogP contribution in [0.5, 0.6) is 0 Å². The molecule has 0 aliphatic carbocycles. The van der Waals surface area contributed by atoms with Crippen LogP contribution in [0.2, 0.25) is 0 Å². The summed E-state index contributed by atoms with van der Waals surface area (Å²) >= 11 is 0. The number of hydrogen-bond acceptors (Lipinski definition) is 3.